The number of aryl methyl sites for hydroxylation is 1. The first-order valence-corrected chi connectivity index (χ1v) is 9.87. The minimum absolute atomic E-state index is 0.362. The van der Waals surface area contributed by atoms with E-state index < -0.39 is 9.84 Å². The second-order valence-corrected chi connectivity index (χ2v) is 8.38. The van der Waals surface area contributed by atoms with Gasteiger partial charge in [-0.25, -0.2) is 8.42 Å². The van der Waals surface area contributed by atoms with Gasteiger partial charge in [-0.3, -0.25) is 10.00 Å². The number of nitrogens with zero attached hydrogens (tertiary/aromatic N) is 2. The molecule has 1 N–H and O–H groups in total. The molecular formula is C17H23N3O2S. The number of aromatic nitrogens is 2. The number of H-pyrrole nitrogens is 1. The van der Waals surface area contributed by atoms with Crippen molar-refractivity contribution in [3.05, 3.63) is 47.3 Å². The van der Waals surface area contributed by atoms with Crippen molar-refractivity contribution in [3.8, 4) is 0 Å². The third-order valence-corrected chi connectivity index (χ3v) is 5.68. The topological polar surface area (TPSA) is 66.1 Å². The van der Waals surface area contributed by atoms with Crippen LogP contribution in [0.15, 0.2) is 35.4 Å². The predicted molar refractivity (Wildman–Crippen MR) is 89.9 cm³/mol. The Kier molecular flexibility index (Phi) is 4.55. The molecule has 0 radical (unpaired) electrons. The molecule has 0 bridgehead atoms. The molecule has 1 aromatic carbocycles. The number of likely N-dealkylation sites (tertiary alicyclic amines) is 1. The fourth-order valence-corrected chi connectivity index (χ4v) is 3.91. The molecular weight excluding hydrogens is 310 g/mol. The minimum Gasteiger partial charge on any atom is -0.291 e. The molecule has 1 saturated heterocycles. The van der Waals surface area contributed by atoms with Gasteiger partial charge in [-0.05, 0) is 49.6 Å². The summed E-state index contributed by atoms with van der Waals surface area (Å²) >= 11 is 0. The molecule has 2 aromatic rings. The lowest BCUT2D eigenvalue weighted by atomic mass is 9.97. The SMILES string of the molecule is Cc1cn[nH]c1[C@H]1CCCCN1Cc1ccc(S(C)(=O)=O)cc1. The minimum atomic E-state index is -3.13. The van der Waals surface area contributed by atoms with Crippen LogP contribution in [0.1, 0.15) is 42.1 Å². The fraction of sp³-hybridized carbons (Fsp3) is 0.471. The standard InChI is InChI=1S/C17H23N3O2S/c1-13-11-18-19-17(13)16-5-3-4-10-20(16)12-14-6-8-15(9-7-14)23(2,21)22/h6-9,11,16H,3-5,10,12H2,1-2H3,(H,18,19)/t16-/m1/s1. The molecule has 5 nitrogen and oxygen atoms in total. The largest absolute Gasteiger partial charge is 0.291 e. The summed E-state index contributed by atoms with van der Waals surface area (Å²) < 4.78 is 23.1. The van der Waals surface area contributed by atoms with Gasteiger partial charge in [-0.2, -0.15) is 5.10 Å². The van der Waals surface area contributed by atoms with E-state index in [9.17, 15) is 8.42 Å². The van der Waals surface area contributed by atoms with Crippen LogP contribution in [-0.2, 0) is 16.4 Å². The number of benzene rings is 1. The summed E-state index contributed by atoms with van der Waals surface area (Å²) in [5.41, 5.74) is 3.55. The number of aromatic amines is 1. The molecule has 0 unspecified atom stereocenters. The van der Waals surface area contributed by atoms with E-state index in [-0.39, 0.29) is 0 Å². The first kappa shape index (κ1) is 16.2. The molecule has 6 heteroatoms. The highest BCUT2D eigenvalue weighted by atomic mass is 32.2. The van der Waals surface area contributed by atoms with Crippen molar-refractivity contribution >= 4 is 9.84 Å². The van der Waals surface area contributed by atoms with Crippen molar-refractivity contribution in [1.29, 1.82) is 0 Å². The lowest BCUT2D eigenvalue weighted by Crippen LogP contribution is -2.33. The molecule has 1 aliphatic heterocycles. The maximum Gasteiger partial charge on any atom is 0.175 e. The maximum atomic E-state index is 11.6. The number of sulfone groups is 1. The second-order valence-electron chi connectivity index (χ2n) is 6.36. The van der Waals surface area contributed by atoms with Gasteiger partial charge in [0.25, 0.3) is 0 Å². The summed E-state index contributed by atoms with van der Waals surface area (Å²) in [6.45, 7) is 3.97. The van der Waals surface area contributed by atoms with Crippen LogP contribution in [0.2, 0.25) is 0 Å². The first-order chi connectivity index (χ1) is 10.9. The van der Waals surface area contributed by atoms with E-state index in [1.807, 2.05) is 18.3 Å². The Morgan fingerprint density at radius 1 is 1.26 bits per heavy atom. The third kappa shape index (κ3) is 3.64. The highest BCUT2D eigenvalue weighted by Crippen LogP contribution is 2.32. The number of rotatable bonds is 4. The predicted octanol–water partition coefficient (Wildman–Crippen LogP) is 2.85. The lowest BCUT2D eigenvalue weighted by Gasteiger charge is -2.35. The van der Waals surface area contributed by atoms with E-state index in [0.717, 1.165) is 25.1 Å². The van der Waals surface area contributed by atoms with Crippen LogP contribution in [0.3, 0.4) is 0 Å². The fourth-order valence-electron chi connectivity index (χ4n) is 3.28. The zero-order chi connectivity index (χ0) is 16.4. The summed E-state index contributed by atoms with van der Waals surface area (Å²) in [7, 11) is -3.13. The van der Waals surface area contributed by atoms with Crippen LogP contribution < -0.4 is 0 Å². The highest BCUT2D eigenvalue weighted by Gasteiger charge is 2.26. The van der Waals surface area contributed by atoms with Crippen molar-refractivity contribution in [2.24, 2.45) is 0 Å². The summed E-state index contributed by atoms with van der Waals surface area (Å²) in [5, 5.41) is 7.31. The van der Waals surface area contributed by atoms with E-state index in [0.29, 0.717) is 10.9 Å². The van der Waals surface area contributed by atoms with Crippen LogP contribution >= 0.6 is 0 Å². The van der Waals surface area contributed by atoms with Crippen LogP contribution in [0.4, 0.5) is 0 Å². The van der Waals surface area contributed by atoms with Gasteiger partial charge in [-0.15, -0.1) is 0 Å². The summed E-state index contributed by atoms with van der Waals surface area (Å²) in [6.07, 6.45) is 6.68. The zero-order valence-electron chi connectivity index (χ0n) is 13.6. The molecule has 1 fully saturated rings. The van der Waals surface area contributed by atoms with Crippen LogP contribution in [-0.4, -0.2) is 36.3 Å². The average molecular weight is 333 g/mol. The number of nitrogens with one attached hydrogen (secondary N) is 1. The van der Waals surface area contributed by atoms with Gasteiger partial charge in [0.1, 0.15) is 0 Å². The van der Waals surface area contributed by atoms with Gasteiger partial charge in [0.15, 0.2) is 9.84 Å². The Balaban J connectivity index is 1.78. The molecule has 2 heterocycles. The molecule has 1 aliphatic rings. The van der Waals surface area contributed by atoms with Crippen molar-refractivity contribution in [2.45, 2.75) is 43.7 Å². The van der Waals surface area contributed by atoms with Gasteiger partial charge in [0, 0.05) is 12.8 Å². The maximum absolute atomic E-state index is 11.6. The molecule has 1 aromatic heterocycles. The second kappa shape index (κ2) is 6.45. The molecule has 0 spiro atoms. The Morgan fingerprint density at radius 3 is 2.61 bits per heavy atom. The molecule has 3 rings (SSSR count). The van der Waals surface area contributed by atoms with E-state index in [1.54, 1.807) is 12.1 Å². The van der Waals surface area contributed by atoms with Gasteiger partial charge in [-0.1, -0.05) is 18.6 Å². The van der Waals surface area contributed by atoms with Crippen molar-refractivity contribution in [1.82, 2.24) is 15.1 Å². The van der Waals surface area contributed by atoms with E-state index in [2.05, 4.69) is 22.0 Å². The average Bonchev–Trinajstić information content (AvgIpc) is 2.93. The van der Waals surface area contributed by atoms with Crippen LogP contribution in [0.5, 0.6) is 0 Å². The molecule has 1 atom stereocenters. The quantitative estimate of drug-likeness (QED) is 0.934. The first-order valence-electron chi connectivity index (χ1n) is 7.98. The molecule has 124 valence electrons. The van der Waals surface area contributed by atoms with Gasteiger partial charge < -0.3 is 0 Å². The third-order valence-electron chi connectivity index (χ3n) is 4.55. The number of hydrogen-bond donors (Lipinski definition) is 1. The Bertz CT molecular complexity index is 765. The monoisotopic (exact) mass is 333 g/mol. The zero-order valence-corrected chi connectivity index (χ0v) is 14.4. The van der Waals surface area contributed by atoms with Gasteiger partial charge in [0.05, 0.1) is 22.8 Å². The van der Waals surface area contributed by atoms with E-state index >= 15 is 0 Å². The Labute approximate surface area is 137 Å². The molecule has 23 heavy (non-hydrogen) atoms. The van der Waals surface area contributed by atoms with Gasteiger partial charge >= 0.3 is 0 Å². The van der Waals surface area contributed by atoms with Crippen LogP contribution in [0, 0.1) is 6.92 Å². The molecule has 0 saturated carbocycles. The number of hydrogen-bond acceptors (Lipinski definition) is 4. The van der Waals surface area contributed by atoms with Crippen molar-refractivity contribution in [3.63, 3.8) is 0 Å². The summed E-state index contributed by atoms with van der Waals surface area (Å²) in [4.78, 5) is 2.83. The number of piperidine rings is 1. The van der Waals surface area contributed by atoms with Gasteiger partial charge in [0.2, 0.25) is 0 Å². The summed E-state index contributed by atoms with van der Waals surface area (Å²) in [5.74, 6) is 0. The Morgan fingerprint density at radius 2 is 2.00 bits per heavy atom. The van der Waals surface area contributed by atoms with Crippen LogP contribution in [0.25, 0.3) is 0 Å². The van der Waals surface area contributed by atoms with E-state index in [4.69, 9.17) is 0 Å². The lowest BCUT2D eigenvalue weighted by molar-refractivity contribution is 0.136. The van der Waals surface area contributed by atoms with Crippen molar-refractivity contribution in [2.75, 3.05) is 12.8 Å². The van der Waals surface area contributed by atoms with E-state index in [1.165, 1.54) is 30.4 Å². The molecule has 0 aliphatic carbocycles. The summed E-state index contributed by atoms with van der Waals surface area (Å²) in [6, 6.07) is 7.60. The Hall–Kier alpha value is -1.66. The highest BCUT2D eigenvalue weighted by molar-refractivity contribution is 7.90. The smallest absolute Gasteiger partial charge is 0.175 e. The van der Waals surface area contributed by atoms with Crippen molar-refractivity contribution < 1.29 is 8.42 Å². The molecule has 0 amide bonds. The normalized spacial score (nSPS) is 19.8.